The molecule has 0 radical (unpaired) electrons. The quantitative estimate of drug-likeness (QED) is 0.0530. The molecule has 0 heterocycles. The van der Waals surface area contributed by atoms with Crippen molar-refractivity contribution < 1.29 is 31.9 Å². The van der Waals surface area contributed by atoms with Crippen LogP contribution < -0.4 is 24.6 Å². The summed E-state index contributed by atoms with van der Waals surface area (Å²) in [5.74, 6) is -3.18. The van der Waals surface area contributed by atoms with E-state index in [0.29, 0.717) is 36.8 Å². The molecule has 0 fully saturated rings. The standard InChI is InChI=1S/C19H17F4N3O3S.2C10H14N2/c20-13-1-11(2-14(21)7-13)5-17(9-27)24-19(29)26-30-25-18(10-28)6-12-3-15(22)8-16(23)4-12;2*1-8-7-9(12(3)4)5-6-10(8)11-2/h1-4,7-10,17-18,25H,5-6H2,(H2,24,26,29);2*5-7H,2H2,1,3-4H3/t17?,18-;;/m0../s1. The van der Waals surface area contributed by atoms with E-state index < -0.39 is 41.4 Å². The first-order chi connectivity index (χ1) is 25.6. The molecule has 0 bridgehead atoms. The number of aliphatic imine (C=N–C) groups is 2. The number of benzene rings is 4. The molecule has 3 N–H and O–H groups in total. The molecule has 0 aliphatic heterocycles. The minimum atomic E-state index is -1.05. The fourth-order valence-corrected chi connectivity index (χ4v) is 5.26. The number of carbonyl (C=O) groups excluding carboxylic acids is 3. The van der Waals surface area contributed by atoms with Gasteiger partial charge in [-0.3, -0.25) is 14.7 Å². The summed E-state index contributed by atoms with van der Waals surface area (Å²) >= 11 is 0.619. The van der Waals surface area contributed by atoms with E-state index in [1.165, 1.54) is 11.4 Å². The van der Waals surface area contributed by atoms with Gasteiger partial charge < -0.3 is 24.7 Å². The van der Waals surface area contributed by atoms with Crippen LogP contribution in [0.2, 0.25) is 0 Å². The zero-order valence-corrected chi connectivity index (χ0v) is 31.8. The molecule has 1 unspecified atom stereocenters. The monoisotopic (exact) mass is 767 g/mol. The maximum absolute atomic E-state index is 13.2. The summed E-state index contributed by atoms with van der Waals surface area (Å²) in [5, 5.41) is 2.30. The highest BCUT2D eigenvalue weighted by Gasteiger charge is 2.15. The molecule has 2 amide bonds. The number of aryl methyl sites for hydroxylation is 2. The molecule has 4 aromatic carbocycles. The summed E-state index contributed by atoms with van der Waals surface area (Å²) in [6.07, 6.45) is 0.748. The van der Waals surface area contributed by atoms with Crippen LogP contribution in [0.15, 0.2) is 82.8 Å². The molecule has 15 heteroatoms. The average molecular weight is 768 g/mol. The number of hydrogen-bond donors (Lipinski definition) is 3. The van der Waals surface area contributed by atoms with E-state index in [0.717, 1.165) is 46.8 Å². The maximum Gasteiger partial charge on any atom is 0.326 e. The molecule has 0 saturated heterocycles. The van der Waals surface area contributed by atoms with E-state index in [2.05, 4.69) is 60.1 Å². The molecule has 2 atom stereocenters. The number of nitrogens with one attached hydrogen (secondary N) is 3. The first-order valence-corrected chi connectivity index (χ1v) is 17.2. The van der Waals surface area contributed by atoms with Crippen LogP contribution in [-0.4, -0.2) is 72.3 Å². The van der Waals surface area contributed by atoms with E-state index >= 15 is 0 Å². The van der Waals surface area contributed by atoms with Gasteiger partial charge >= 0.3 is 6.03 Å². The van der Waals surface area contributed by atoms with Crippen molar-refractivity contribution in [3.05, 3.63) is 118 Å². The Balaban J connectivity index is 0.000000342. The van der Waals surface area contributed by atoms with Crippen molar-refractivity contribution in [2.45, 2.75) is 38.8 Å². The van der Waals surface area contributed by atoms with E-state index in [4.69, 9.17) is 0 Å². The van der Waals surface area contributed by atoms with Crippen molar-refractivity contribution in [1.29, 1.82) is 0 Å². The van der Waals surface area contributed by atoms with Gasteiger partial charge in [0.2, 0.25) is 0 Å². The normalized spacial score (nSPS) is 11.3. The van der Waals surface area contributed by atoms with Crippen LogP contribution in [0.4, 0.5) is 45.1 Å². The smallest absolute Gasteiger partial charge is 0.326 e. The summed E-state index contributed by atoms with van der Waals surface area (Å²) in [6, 6.07) is 15.2. The van der Waals surface area contributed by atoms with Crippen molar-refractivity contribution in [3.8, 4) is 0 Å². The van der Waals surface area contributed by atoms with Gasteiger partial charge in [-0.15, -0.1) is 0 Å². The predicted molar refractivity (Wildman–Crippen MR) is 212 cm³/mol. The van der Waals surface area contributed by atoms with Crippen molar-refractivity contribution in [2.24, 2.45) is 9.98 Å². The van der Waals surface area contributed by atoms with E-state index in [1.807, 2.05) is 66.3 Å². The van der Waals surface area contributed by atoms with E-state index in [9.17, 15) is 31.9 Å². The summed E-state index contributed by atoms with van der Waals surface area (Å²) in [7, 11) is 8.09. The highest BCUT2D eigenvalue weighted by Crippen LogP contribution is 2.24. The molecule has 0 aliphatic carbocycles. The zero-order valence-electron chi connectivity index (χ0n) is 31.0. The zero-order chi connectivity index (χ0) is 40.4. The SMILES string of the molecule is C=Nc1ccc(N(C)C)cc1C.C=Nc1ccc(N(C)C)cc1C.O=CC(Cc1cc(F)cc(F)c1)NC(=O)NSN[C@H](C=O)Cc1cc(F)cc(F)c1. The Hall–Kier alpha value is -5.54. The van der Waals surface area contributed by atoms with Gasteiger partial charge in [0.05, 0.1) is 23.5 Å². The van der Waals surface area contributed by atoms with Crippen LogP contribution in [0.25, 0.3) is 0 Å². The third kappa shape index (κ3) is 15.6. The summed E-state index contributed by atoms with van der Waals surface area (Å²) < 4.78 is 57.7. The lowest BCUT2D eigenvalue weighted by atomic mass is 10.1. The minimum absolute atomic E-state index is 0.0312. The Labute approximate surface area is 318 Å². The molecule has 10 nitrogen and oxygen atoms in total. The fraction of sp³-hybridized carbons (Fsp3) is 0.256. The van der Waals surface area contributed by atoms with Crippen LogP contribution >= 0.6 is 12.1 Å². The highest BCUT2D eigenvalue weighted by atomic mass is 32.2. The van der Waals surface area contributed by atoms with Crippen molar-refractivity contribution >= 4 is 66.9 Å². The number of amides is 2. The molecule has 0 aromatic heterocycles. The van der Waals surface area contributed by atoms with E-state index in [-0.39, 0.29) is 24.0 Å². The Kier molecular flexibility index (Phi) is 18.6. The molecular weight excluding hydrogens is 723 g/mol. The number of hydrogen-bond acceptors (Lipinski definition) is 9. The molecule has 0 aliphatic rings. The Morgan fingerprint density at radius 1 is 0.685 bits per heavy atom. The lowest BCUT2D eigenvalue weighted by Crippen LogP contribution is -2.43. The number of aldehydes is 2. The molecule has 4 aromatic rings. The van der Waals surface area contributed by atoms with Gasteiger partial charge in [-0.25, -0.2) is 27.1 Å². The van der Waals surface area contributed by atoms with Crippen LogP contribution in [-0.2, 0) is 22.4 Å². The van der Waals surface area contributed by atoms with Gasteiger partial charge in [0.1, 0.15) is 35.8 Å². The van der Waals surface area contributed by atoms with Crippen molar-refractivity contribution in [2.75, 3.05) is 38.0 Å². The third-order valence-corrected chi connectivity index (χ3v) is 8.20. The highest BCUT2D eigenvalue weighted by molar-refractivity contribution is 7.96. The molecular formula is C39H45F4N7O3S. The van der Waals surface area contributed by atoms with Gasteiger partial charge in [0, 0.05) is 63.8 Å². The first-order valence-electron chi connectivity index (χ1n) is 16.4. The van der Waals surface area contributed by atoms with Crippen LogP contribution in [0.3, 0.4) is 0 Å². The lowest BCUT2D eigenvalue weighted by Gasteiger charge is -2.15. The number of nitrogens with zero attached hydrogens (tertiary/aromatic N) is 4. The van der Waals surface area contributed by atoms with Crippen LogP contribution in [0.5, 0.6) is 0 Å². The third-order valence-electron chi connectivity index (χ3n) is 7.49. The molecule has 288 valence electrons. The fourth-order valence-electron chi connectivity index (χ4n) is 4.76. The topological polar surface area (TPSA) is 118 Å². The second kappa shape index (κ2) is 22.5. The Morgan fingerprint density at radius 2 is 1.07 bits per heavy atom. The average Bonchev–Trinajstić information content (AvgIpc) is 3.10. The van der Waals surface area contributed by atoms with Gasteiger partial charge in [-0.05, 0) is 123 Å². The summed E-state index contributed by atoms with van der Waals surface area (Å²) in [5.41, 5.74) is 7.05. The number of rotatable bonds is 14. The van der Waals surface area contributed by atoms with Gasteiger partial charge in [-0.1, -0.05) is 0 Å². The molecule has 54 heavy (non-hydrogen) atoms. The Bertz CT molecular complexity index is 1790. The number of urea groups is 1. The van der Waals surface area contributed by atoms with Crippen LogP contribution in [0, 0.1) is 37.1 Å². The Morgan fingerprint density at radius 3 is 1.41 bits per heavy atom. The molecule has 0 saturated carbocycles. The summed E-state index contributed by atoms with van der Waals surface area (Å²) in [6.45, 7) is 11.1. The first kappa shape index (κ1) is 44.6. The van der Waals surface area contributed by atoms with Crippen molar-refractivity contribution in [1.82, 2.24) is 14.8 Å². The maximum atomic E-state index is 13.2. The lowest BCUT2D eigenvalue weighted by molar-refractivity contribution is -0.109. The second-order valence-corrected chi connectivity index (χ2v) is 12.9. The van der Waals surface area contributed by atoms with Gasteiger partial charge in [-0.2, -0.15) is 0 Å². The number of anilines is 2. The number of halogens is 4. The molecule has 0 spiro atoms. The largest absolute Gasteiger partial charge is 0.378 e. The minimum Gasteiger partial charge on any atom is -0.378 e. The van der Waals surface area contributed by atoms with Crippen molar-refractivity contribution in [3.63, 3.8) is 0 Å². The number of carbonyl (C=O) groups is 3. The summed E-state index contributed by atoms with van der Waals surface area (Å²) in [4.78, 5) is 46.1. The second-order valence-electron chi connectivity index (χ2n) is 12.3. The van der Waals surface area contributed by atoms with Gasteiger partial charge in [0.25, 0.3) is 0 Å². The molecule has 4 rings (SSSR count). The predicted octanol–water partition coefficient (Wildman–Crippen LogP) is 7.40. The van der Waals surface area contributed by atoms with Crippen LogP contribution in [0.1, 0.15) is 22.3 Å². The van der Waals surface area contributed by atoms with E-state index in [1.54, 1.807) is 0 Å². The van der Waals surface area contributed by atoms with Gasteiger partial charge in [0.15, 0.2) is 0 Å².